The van der Waals surface area contributed by atoms with E-state index in [-0.39, 0.29) is 0 Å². The fourth-order valence-electron chi connectivity index (χ4n) is 6.79. The van der Waals surface area contributed by atoms with E-state index in [0.29, 0.717) is 0 Å². The Morgan fingerprint density at radius 2 is 1.07 bits per heavy atom. The van der Waals surface area contributed by atoms with Crippen LogP contribution in [0.2, 0.25) is 0 Å². The molecule has 0 atom stereocenters. The predicted octanol–water partition coefficient (Wildman–Crippen LogP) is 12.3. The highest BCUT2D eigenvalue weighted by molar-refractivity contribution is 7.25. The molecule has 212 valence electrons. The maximum Gasteiger partial charge on any atom is 0.0562 e. The number of para-hydroxylation sites is 2. The number of thiophene rings is 1. The van der Waals surface area contributed by atoms with Gasteiger partial charge in [0.2, 0.25) is 0 Å². The molecule has 0 fully saturated rings. The number of fused-ring (bicyclic) bond motifs is 6. The summed E-state index contributed by atoms with van der Waals surface area (Å²) in [4.78, 5) is 2.38. The normalized spacial score (nSPS) is 11.6. The van der Waals surface area contributed by atoms with Crippen LogP contribution in [-0.2, 0) is 0 Å². The van der Waals surface area contributed by atoms with Gasteiger partial charge in [0.15, 0.2) is 0 Å². The number of hydrogen-bond acceptors (Lipinski definition) is 2. The summed E-state index contributed by atoms with van der Waals surface area (Å²) in [5, 5.41) is 5.14. The molecule has 0 aliphatic rings. The van der Waals surface area contributed by atoms with Gasteiger partial charge in [-0.05, 0) is 71.8 Å². The number of aromatic nitrogens is 1. The van der Waals surface area contributed by atoms with Gasteiger partial charge in [0.05, 0.1) is 11.0 Å². The Morgan fingerprint density at radius 3 is 1.87 bits per heavy atom. The Morgan fingerprint density at radius 1 is 0.422 bits per heavy atom. The van der Waals surface area contributed by atoms with Crippen LogP contribution in [0, 0.1) is 0 Å². The molecule has 9 rings (SSSR count). The van der Waals surface area contributed by atoms with Crippen molar-refractivity contribution >= 4 is 70.4 Å². The molecule has 0 spiro atoms. The molecule has 3 heteroatoms. The van der Waals surface area contributed by atoms with Gasteiger partial charge in [-0.3, -0.25) is 0 Å². The average Bonchev–Trinajstić information content (AvgIpc) is 3.65. The van der Waals surface area contributed by atoms with Gasteiger partial charge in [0, 0.05) is 53.7 Å². The van der Waals surface area contributed by atoms with Crippen molar-refractivity contribution in [3.63, 3.8) is 0 Å². The van der Waals surface area contributed by atoms with Crippen LogP contribution in [-0.4, -0.2) is 4.57 Å². The summed E-state index contributed by atoms with van der Waals surface area (Å²) in [7, 11) is 0. The zero-order chi connectivity index (χ0) is 29.7. The van der Waals surface area contributed by atoms with E-state index in [2.05, 4.69) is 179 Å². The van der Waals surface area contributed by atoms with Crippen LogP contribution >= 0.6 is 11.3 Å². The van der Waals surface area contributed by atoms with Gasteiger partial charge in [-0.15, -0.1) is 11.3 Å². The summed E-state index contributed by atoms with van der Waals surface area (Å²) in [6.07, 6.45) is 0. The lowest BCUT2D eigenvalue weighted by Gasteiger charge is -2.26. The minimum atomic E-state index is 1.12. The number of benzene rings is 7. The molecular weight excluding hydrogens is 565 g/mol. The van der Waals surface area contributed by atoms with E-state index in [0.717, 1.165) is 22.7 Å². The molecular formula is C42H28N2S. The fourth-order valence-corrected chi connectivity index (χ4v) is 7.93. The maximum absolute atomic E-state index is 2.42. The van der Waals surface area contributed by atoms with Crippen LogP contribution in [0.3, 0.4) is 0 Å². The van der Waals surface area contributed by atoms with E-state index in [1.165, 1.54) is 53.1 Å². The molecule has 7 aromatic carbocycles. The second kappa shape index (κ2) is 10.5. The summed E-state index contributed by atoms with van der Waals surface area (Å²) in [6, 6.07) is 61.4. The summed E-state index contributed by atoms with van der Waals surface area (Å²) in [6.45, 7) is 0. The van der Waals surface area contributed by atoms with Gasteiger partial charge < -0.3 is 9.47 Å². The zero-order valence-corrected chi connectivity index (χ0v) is 25.3. The van der Waals surface area contributed by atoms with E-state index < -0.39 is 0 Å². The van der Waals surface area contributed by atoms with Crippen LogP contribution < -0.4 is 4.90 Å². The number of nitrogens with zero attached hydrogens (tertiary/aromatic N) is 2. The van der Waals surface area contributed by atoms with E-state index in [1.807, 2.05) is 11.3 Å². The minimum absolute atomic E-state index is 1.12. The molecule has 0 saturated carbocycles. The Bertz CT molecular complexity index is 2470. The molecule has 0 unspecified atom stereocenters. The van der Waals surface area contributed by atoms with Crippen molar-refractivity contribution in [1.82, 2.24) is 4.57 Å². The third-order valence-corrected chi connectivity index (χ3v) is 9.90. The monoisotopic (exact) mass is 592 g/mol. The summed E-state index contributed by atoms with van der Waals surface area (Å²) in [5.74, 6) is 0. The first kappa shape index (κ1) is 25.8. The van der Waals surface area contributed by atoms with Crippen molar-refractivity contribution in [1.29, 1.82) is 0 Å². The second-order valence-electron chi connectivity index (χ2n) is 11.4. The molecule has 0 aliphatic heterocycles. The van der Waals surface area contributed by atoms with Crippen molar-refractivity contribution < 1.29 is 0 Å². The van der Waals surface area contributed by atoms with Gasteiger partial charge in [0.1, 0.15) is 0 Å². The molecule has 2 aromatic heterocycles. The predicted molar refractivity (Wildman–Crippen MR) is 194 cm³/mol. The summed E-state index contributed by atoms with van der Waals surface area (Å²) in [5.41, 5.74) is 9.40. The molecule has 0 N–H and O–H groups in total. The molecule has 0 aliphatic carbocycles. The Hall–Kier alpha value is -5.64. The van der Waals surface area contributed by atoms with Crippen LogP contribution in [0.4, 0.5) is 17.1 Å². The molecule has 0 radical (unpaired) electrons. The first-order chi connectivity index (χ1) is 22.3. The maximum atomic E-state index is 2.42. The highest BCUT2D eigenvalue weighted by atomic mass is 32.1. The van der Waals surface area contributed by atoms with Crippen molar-refractivity contribution in [2.45, 2.75) is 0 Å². The largest absolute Gasteiger partial charge is 0.310 e. The first-order valence-electron chi connectivity index (χ1n) is 15.3. The highest BCUT2D eigenvalue weighted by Gasteiger charge is 2.20. The van der Waals surface area contributed by atoms with Crippen molar-refractivity contribution in [2.75, 3.05) is 4.90 Å². The van der Waals surface area contributed by atoms with Gasteiger partial charge in [-0.25, -0.2) is 0 Å². The van der Waals surface area contributed by atoms with Crippen molar-refractivity contribution in [3.8, 4) is 16.8 Å². The van der Waals surface area contributed by atoms with Crippen LogP contribution in [0.5, 0.6) is 0 Å². The van der Waals surface area contributed by atoms with Crippen LogP contribution in [0.15, 0.2) is 170 Å². The SMILES string of the molecule is c1ccc(-c2cccc3c2c2ccc(N(c4ccccc4)c4ccc5c(c4)sc4ccccc45)cc2n3-c2ccccc2)cc1. The Balaban J connectivity index is 1.32. The molecule has 45 heavy (non-hydrogen) atoms. The second-order valence-corrected chi connectivity index (χ2v) is 12.5. The van der Waals surface area contributed by atoms with Gasteiger partial charge >= 0.3 is 0 Å². The topological polar surface area (TPSA) is 8.17 Å². The first-order valence-corrected chi connectivity index (χ1v) is 16.1. The standard InChI is InChI=1S/C42H28N2S/c1-4-13-29(14-5-1)34-20-12-21-38-42(34)37-26-24-32(27-39(37)44(38)31-17-8-3-9-18-31)43(30-15-6-2-7-16-30)33-23-25-36-35-19-10-11-22-40(35)45-41(36)28-33/h1-28H. The third-order valence-electron chi connectivity index (χ3n) is 8.77. The molecule has 2 nitrogen and oxygen atoms in total. The van der Waals surface area contributed by atoms with E-state index >= 15 is 0 Å². The van der Waals surface area contributed by atoms with Gasteiger partial charge in [-0.2, -0.15) is 0 Å². The number of hydrogen-bond donors (Lipinski definition) is 0. The van der Waals surface area contributed by atoms with Crippen molar-refractivity contribution in [3.05, 3.63) is 170 Å². The average molecular weight is 593 g/mol. The summed E-state index contributed by atoms with van der Waals surface area (Å²) >= 11 is 1.86. The zero-order valence-electron chi connectivity index (χ0n) is 24.5. The Labute approximate surface area is 265 Å². The van der Waals surface area contributed by atoms with Gasteiger partial charge in [0.25, 0.3) is 0 Å². The number of anilines is 3. The fraction of sp³-hybridized carbons (Fsp3) is 0. The number of rotatable bonds is 5. The van der Waals surface area contributed by atoms with Crippen LogP contribution in [0.25, 0.3) is 58.8 Å². The van der Waals surface area contributed by atoms with E-state index in [4.69, 9.17) is 0 Å². The minimum Gasteiger partial charge on any atom is -0.310 e. The Kier molecular flexibility index (Phi) is 6.03. The smallest absolute Gasteiger partial charge is 0.0562 e. The lowest BCUT2D eigenvalue weighted by atomic mass is 9.99. The quantitative estimate of drug-likeness (QED) is 0.193. The van der Waals surface area contributed by atoms with Crippen LogP contribution in [0.1, 0.15) is 0 Å². The lowest BCUT2D eigenvalue weighted by molar-refractivity contribution is 1.18. The third kappa shape index (κ3) is 4.24. The van der Waals surface area contributed by atoms with E-state index in [1.54, 1.807) is 0 Å². The molecule has 2 heterocycles. The van der Waals surface area contributed by atoms with E-state index in [9.17, 15) is 0 Å². The molecule has 9 aromatic rings. The molecule has 0 amide bonds. The summed E-state index contributed by atoms with van der Waals surface area (Å²) < 4.78 is 5.03. The molecule has 0 bridgehead atoms. The van der Waals surface area contributed by atoms with Crippen molar-refractivity contribution in [2.24, 2.45) is 0 Å². The highest BCUT2D eigenvalue weighted by Crippen LogP contribution is 2.44. The van der Waals surface area contributed by atoms with Gasteiger partial charge in [-0.1, -0.05) is 109 Å². The molecule has 0 saturated heterocycles. The lowest BCUT2D eigenvalue weighted by Crippen LogP contribution is -2.09.